The van der Waals surface area contributed by atoms with Crippen molar-refractivity contribution in [2.45, 2.75) is 20.8 Å². The molecular weight excluding hydrogens is 316 g/mol. The molecule has 0 atom stereocenters. The monoisotopic (exact) mass is 338 g/mol. The molecule has 4 aromatic carbocycles. The van der Waals surface area contributed by atoms with Crippen molar-refractivity contribution >= 4 is 32.6 Å². The molecule has 0 aliphatic carbocycles. The zero-order chi connectivity index (χ0) is 18.1. The van der Waals surface area contributed by atoms with E-state index in [2.05, 4.69) is 66.5 Å². The second-order valence-corrected chi connectivity index (χ2v) is 6.27. The largest absolute Gasteiger partial charge is 0.337 e. The van der Waals surface area contributed by atoms with E-state index in [4.69, 9.17) is 4.98 Å². The first-order valence-corrected chi connectivity index (χ1v) is 9.17. The van der Waals surface area contributed by atoms with Crippen LogP contribution in [0.5, 0.6) is 0 Å². The van der Waals surface area contributed by atoms with Crippen molar-refractivity contribution in [3.8, 4) is 11.4 Å². The highest BCUT2D eigenvalue weighted by Gasteiger charge is 2.13. The molecule has 2 nitrogen and oxygen atoms in total. The Labute approximate surface area is 153 Å². The van der Waals surface area contributed by atoms with Gasteiger partial charge in [-0.3, -0.25) is 0 Å². The highest BCUT2D eigenvalue weighted by atomic mass is 14.9. The number of H-pyrrole nitrogens is 1. The lowest BCUT2D eigenvalue weighted by molar-refractivity contribution is 1.34. The van der Waals surface area contributed by atoms with Gasteiger partial charge in [0.15, 0.2) is 0 Å². The molecular formula is C24H22N2. The van der Waals surface area contributed by atoms with Crippen LogP contribution in [0.25, 0.3) is 44.0 Å². The minimum atomic E-state index is 0.921. The van der Waals surface area contributed by atoms with Gasteiger partial charge in [-0.15, -0.1) is 0 Å². The lowest BCUT2D eigenvalue weighted by Gasteiger charge is -2.06. The van der Waals surface area contributed by atoms with E-state index in [1.165, 1.54) is 27.1 Å². The van der Waals surface area contributed by atoms with Crippen molar-refractivity contribution in [3.63, 3.8) is 0 Å². The van der Waals surface area contributed by atoms with Gasteiger partial charge in [0, 0.05) is 16.3 Å². The number of hydrogen-bond acceptors (Lipinski definition) is 1. The van der Waals surface area contributed by atoms with Crippen LogP contribution < -0.4 is 0 Å². The topological polar surface area (TPSA) is 28.7 Å². The first kappa shape index (κ1) is 16.3. The molecule has 0 aliphatic heterocycles. The maximum Gasteiger partial charge on any atom is 0.138 e. The standard InChI is InChI=1S/C22H16N2.C2H6/c1-14-11-12-17-16-9-5-6-10-18(16)20-21(19(17)13-14)24-22(23-20)15-7-3-2-4-8-15;1-2/h2-13H,1H3,(H,23,24);1-2H3. The predicted molar refractivity (Wildman–Crippen MR) is 113 cm³/mol. The van der Waals surface area contributed by atoms with Gasteiger partial charge in [-0.2, -0.15) is 0 Å². The fourth-order valence-corrected chi connectivity index (χ4v) is 3.52. The smallest absolute Gasteiger partial charge is 0.138 e. The maximum atomic E-state index is 4.95. The number of nitrogens with zero attached hydrogens (tertiary/aromatic N) is 1. The van der Waals surface area contributed by atoms with E-state index in [1.54, 1.807) is 0 Å². The number of fused-ring (bicyclic) bond motifs is 6. The highest BCUT2D eigenvalue weighted by Crippen LogP contribution is 2.35. The average Bonchev–Trinajstić information content (AvgIpc) is 3.16. The lowest BCUT2D eigenvalue weighted by Crippen LogP contribution is -1.83. The van der Waals surface area contributed by atoms with E-state index in [0.717, 1.165) is 22.4 Å². The Kier molecular flexibility index (Phi) is 4.18. The average molecular weight is 338 g/mol. The second kappa shape index (κ2) is 6.64. The molecule has 26 heavy (non-hydrogen) atoms. The van der Waals surface area contributed by atoms with Crippen molar-refractivity contribution < 1.29 is 0 Å². The van der Waals surface area contributed by atoms with Crippen LogP contribution in [0.1, 0.15) is 19.4 Å². The van der Waals surface area contributed by atoms with Crippen LogP contribution in [-0.4, -0.2) is 9.97 Å². The molecule has 0 aliphatic rings. The van der Waals surface area contributed by atoms with E-state index >= 15 is 0 Å². The fourth-order valence-electron chi connectivity index (χ4n) is 3.52. The molecule has 5 aromatic rings. The summed E-state index contributed by atoms with van der Waals surface area (Å²) in [5, 5.41) is 4.96. The lowest BCUT2D eigenvalue weighted by atomic mass is 9.99. The number of nitrogens with one attached hydrogen (secondary N) is 1. The second-order valence-electron chi connectivity index (χ2n) is 6.27. The normalized spacial score (nSPS) is 10.9. The Morgan fingerprint density at radius 2 is 1.35 bits per heavy atom. The summed E-state index contributed by atoms with van der Waals surface area (Å²) in [7, 11) is 0. The van der Waals surface area contributed by atoms with E-state index in [0.29, 0.717) is 0 Å². The number of hydrogen-bond donors (Lipinski definition) is 1. The number of rotatable bonds is 1. The van der Waals surface area contributed by atoms with Crippen LogP contribution in [0.2, 0.25) is 0 Å². The number of imidazole rings is 1. The summed E-state index contributed by atoms with van der Waals surface area (Å²) < 4.78 is 0. The van der Waals surface area contributed by atoms with Gasteiger partial charge in [-0.25, -0.2) is 4.98 Å². The SMILES string of the molecule is CC.Cc1ccc2c3ccccc3c3[nH]c(-c4ccccc4)nc3c2c1. The molecule has 0 saturated heterocycles. The molecule has 0 fully saturated rings. The van der Waals surface area contributed by atoms with Crippen molar-refractivity contribution in [2.75, 3.05) is 0 Å². The van der Waals surface area contributed by atoms with E-state index < -0.39 is 0 Å². The number of aryl methyl sites for hydroxylation is 1. The Morgan fingerprint density at radius 3 is 2.12 bits per heavy atom. The molecule has 1 aromatic heterocycles. The van der Waals surface area contributed by atoms with Crippen molar-refractivity contribution in [1.82, 2.24) is 9.97 Å². The Morgan fingerprint density at radius 1 is 0.692 bits per heavy atom. The molecule has 0 radical (unpaired) electrons. The molecule has 0 unspecified atom stereocenters. The Hall–Kier alpha value is -3.13. The Balaban J connectivity index is 0.000000814. The minimum Gasteiger partial charge on any atom is -0.337 e. The van der Waals surface area contributed by atoms with Crippen LogP contribution in [-0.2, 0) is 0 Å². The fraction of sp³-hybridized carbons (Fsp3) is 0.125. The van der Waals surface area contributed by atoms with E-state index in [1.807, 2.05) is 32.0 Å². The van der Waals surface area contributed by atoms with Gasteiger partial charge >= 0.3 is 0 Å². The zero-order valence-electron chi connectivity index (χ0n) is 15.4. The summed E-state index contributed by atoms with van der Waals surface area (Å²) in [6.07, 6.45) is 0. The third-order valence-electron chi connectivity index (χ3n) is 4.67. The number of aromatic amines is 1. The van der Waals surface area contributed by atoms with E-state index in [9.17, 15) is 0 Å². The van der Waals surface area contributed by atoms with Crippen molar-refractivity contribution in [3.05, 3.63) is 78.4 Å². The van der Waals surface area contributed by atoms with Crippen molar-refractivity contribution in [1.29, 1.82) is 0 Å². The summed E-state index contributed by atoms with van der Waals surface area (Å²) in [6, 6.07) is 25.5. The molecule has 2 heteroatoms. The van der Waals surface area contributed by atoms with Gasteiger partial charge in [0.05, 0.1) is 11.0 Å². The third-order valence-corrected chi connectivity index (χ3v) is 4.67. The molecule has 1 N–H and O–H groups in total. The first-order chi connectivity index (χ1) is 12.8. The summed E-state index contributed by atoms with van der Waals surface area (Å²) in [5.41, 5.74) is 4.52. The predicted octanol–water partition coefficient (Wildman–Crippen LogP) is 6.87. The van der Waals surface area contributed by atoms with Gasteiger partial charge < -0.3 is 4.98 Å². The zero-order valence-corrected chi connectivity index (χ0v) is 15.4. The minimum absolute atomic E-state index is 0.921. The van der Waals surface area contributed by atoms with Crippen LogP contribution >= 0.6 is 0 Å². The van der Waals surface area contributed by atoms with Gasteiger partial charge in [-0.05, 0) is 23.8 Å². The Bertz CT molecular complexity index is 1200. The first-order valence-electron chi connectivity index (χ1n) is 9.17. The van der Waals surface area contributed by atoms with Crippen LogP contribution in [0.4, 0.5) is 0 Å². The molecule has 128 valence electrons. The quantitative estimate of drug-likeness (QED) is 0.332. The molecule has 0 bridgehead atoms. The van der Waals surface area contributed by atoms with Gasteiger partial charge in [-0.1, -0.05) is 86.1 Å². The third kappa shape index (κ3) is 2.55. The number of benzene rings is 4. The molecule has 5 rings (SSSR count). The molecule has 0 saturated carbocycles. The molecule has 0 amide bonds. The van der Waals surface area contributed by atoms with Gasteiger partial charge in [0.25, 0.3) is 0 Å². The van der Waals surface area contributed by atoms with Crippen molar-refractivity contribution in [2.24, 2.45) is 0 Å². The maximum absolute atomic E-state index is 4.95. The van der Waals surface area contributed by atoms with Gasteiger partial charge in [0.1, 0.15) is 5.82 Å². The summed E-state index contributed by atoms with van der Waals surface area (Å²) in [5.74, 6) is 0.921. The van der Waals surface area contributed by atoms with Crippen LogP contribution in [0.3, 0.4) is 0 Å². The summed E-state index contributed by atoms with van der Waals surface area (Å²) in [6.45, 7) is 6.13. The van der Waals surface area contributed by atoms with Gasteiger partial charge in [0.2, 0.25) is 0 Å². The van der Waals surface area contributed by atoms with Crippen LogP contribution in [0, 0.1) is 6.92 Å². The summed E-state index contributed by atoms with van der Waals surface area (Å²) in [4.78, 5) is 8.50. The molecule has 1 heterocycles. The van der Waals surface area contributed by atoms with Crippen LogP contribution in [0.15, 0.2) is 72.8 Å². The highest BCUT2D eigenvalue weighted by molar-refractivity contribution is 6.23. The molecule has 0 spiro atoms. The number of aromatic nitrogens is 2. The van der Waals surface area contributed by atoms with E-state index in [-0.39, 0.29) is 0 Å². The summed E-state index contributed by atoms with van der Waals surface area (Å²) >= 11 is 0.